The van der Waals surface area contributed by atoms with E-state index in [2.05, 4.69) is 10.6 Å². The molecule has 2 aliphatic heterocycles. The van der Waals surface area contributed by atoms with Gasteiger partial charge in [-0.05, 0) is 32.3 Å². The SMILES string of the molecule is Cc1ccc([C@]2(C)NC(=O)N(CC(=O)OCC(=O)NC[C@@H]3CCCO3)C2=O)cc1. The lowest BCUT2D eigenvalue weighted by molar-refractivity contribution is -0.151. The first-order valence-corrected chi connectivity index (χ1v) is 9.55. The zero-order chi connectivity index (χ0) is 21.0. The first-order valence-electron chi connectivity index (χ1n) is 9.55. The van der Waals surface area contributed by atoms with Gasteiger partial charge in [-0.25, -0.2) is 4.79 Å². The Hall–Kier alpha value is -2.94. The van der Waals surface area contributed by atoms with Crippen LogP contribution in [0.25, 0.3) is 0 Å². The van der Waals surface area contributed by atoms with Crippen LogP contribution in [0, 0.1) is 6.92 Å². The van der Waals surface area contributed by atoms with Gasteiger partial charge in [0.1, 0.15) is 12.1 Å². The van der Waals surface area contributed by atoms with Crippen LogP contribution in [-0.2, 0) is 29.4 Å². The second-order valence-corrected chi connectivity index (χ2v) is 7.41. The summed E-state index contributed by atoms with van der Waals surface area (Å²) in [7, 11) is 0. The van der Waals surface area contributed by atoms with Crippen molar-refractivity contribution in [1.82, 2.24) is 15.5 Å². The smallest absolute Gasteiger partial charge is 0.326 e. The minimum Gasteiger partial charge on any atom is -0.454 e. The van der Waals surface area contributed by atoms with Gasteiger partial charge in [-0.2, -0.15) is 0 Å². The highest BCUT2D eigenvalue weighted by molar-refractivity contribution is 6.08. The second kappa shape index (κ2) is 8.60. The van der Waals surface area contributed by atoms with E-state index in [4.69, 9.17) is 9.47 Å². The number of amides is 4. The van der Waals surface area contributed by atoms with Crippen LogP contribution in [0.15, 0.2) is 24.3 Å². The Kier molecular flexibility index (Phi) is 6.17. The lowest BCUT2D eigenvalue weighted by Crippen LogP contribution is -2.42. The van der Waals surface area contributed by atoms with Gasteiger partial charge < -0.3 is 20.1 Å². The number of carbonyl (C=O) groups excluding carboxylic acids is 4. The number of ether oxygens (including phenoxy) is 2. The quantitative estimate of drug-likeness (QED) is 0.509. The van der Waals surface area contributed by atoms with Crippen LogP contribution in [0.4, 0.5) is 4.79 Å². The number of rotatable bonds is 7. The summed E-state index contributed by atoms with van der Waals surface area (Å²) in [5.41, 5.74) is 0.377. The first kappa shape index (κ1) is 20.8. The highest BCUT2D eigenvalue weighted by atomic mass is 16.5. The third-order valence-electron chi connectivity index (χ3n) is 5.11. The number of urea groups is 1. The van der Waals surface area contributed by atoms with E-state index in [1.54, 1.807) is 19.1 Å². The monoisotopic (exact) mass is 403 g/mol. The molecule has 0 unspecified atom stereocenters. The number of aryl methyl sites for hydroxylation is 1. The molecule has 2 atom stereocenters. The van der Waals surface area contributed by atoms with Crippen molar-refractivity contribution < 1.29 is 28.7 Å². The first-order chi connectivity index (χ1) is 13.8. The van der Waals surface area contributed by atoms with Gasteiger partial charge in [0.05, 0.1) is 6.10 Å². The van der Waals surface area contributed by atoms with Crippen LogP contribution in [0.5, 0.6) is 0 Å². The summed E-state index contributed by atoms with van der Waals surface area (Å²) >= 11 is 0. The predicted octanol–water partition coefficient (Wildman–Crippen LogP) is 0.600. The van der Waals surface area contributed by atoms with Gasteiger partial charge in [0.25, 0.3) is 11.8 Å². The van der Waals surface area contributed by atoms with Crippen molar-refractivity contribution in [3.05, 3.63) is 35.4 Å². The van der Waals surface area contributed by atoms with E-state index in [-0.39, 0.29) is 6.10 Å². The average molecular weight is 403 g/mol. The summed E-state index contributed by atoms with van der Waals surface area (Å²) in [4.78, 5) is 49.7. The standard InChI is InChI=1S/C20H25N3O6/c1-13-5-7-14(8-6-13)20(2)18(26)23(19(27)22-20)11-17(25)29-12-16(24)21-10-15-4-3-9-28-15/h5-8,15H,3-4,9-12H2,1-2H3,(H,21,24)(H,22,27)/t15-,20-/m0/s1. The molecule has 0 aromatic heterocycles. The number of carbonyl (C=O) groups is 4. The molecule has 0 bridgehead atoms. The molecule has 2 N–H and O–H groups in total. The van der Waals surface area contributed by atoms with E-state index in [0.717, 1.165) is 23.3 Å². The summed E-state index contributed by atoms with van der Waals surface area (Å²) in [5.74, 6) is -1.85. The summed E-state index contributed by atoms with van der Waals surface area (Å²) in [6.07, 6.45) is 1.83. The maximum Gasteiger partial charge on any atom is 0.326 e. The third kappa shape index (κ3) is 4.73. The van der Waals surface area contributed by atoms with Crippen LogP contribution < -0.4 is 10.6 Å². The number of nitrogens with zero attached hydrogens (tertiary/aromatic N) is 1. The van der Waals surface area contributed by atoms with Gasteiger partial charge in [-0.3, -0.25) is 19.3 Å². The molecule has 1 aromatic carbocycles. The Morgan fingerprint density at radius 3 is 2.69 bits per heavy atom. The summed E-state index contributed by atoms with van der Waals surface area (Å²) < 4.78 is 10.3. The number of hydrogen-bond acceptors (Lipinski definition) is 6. The molecule has 2 saturated heterocycles. The predicted molar refractivity (Wildman–Crippen MR) is 102 cm³/mol. The topological polar surface area (TPSA) is 114 Å². The van der Waals surface area contributed by atoms with Crippen molar-refractivity contribution in [2.24, 2.45) is 0 Å². The van der Waals surface area contributed by atoms with Crippen molar-refractivity contribution in [2.45, 2.75) is 38.3 Å². The van der Waals surface area contributed by atoms with Crippen LogP contribution in [-0.4, -0.2) is 61.1 Å². The van der Waals surface area contributed by atoms with Gasteiger partial charge in [0.15, 0.2) is 6.61 Å². The number of esters is 1. The molecule has 0 radical (unpaired) electrons. The highest BCUT2D eigenvalue weighted by Crippen LogP contribution is 2.28. The van der Waals surface area contributed by atoms with Crippen molar-refractivity contribution in [1.29, 1.82) is 0 Å². The molecule has 1 aromatic rings. The molecule has 2 heterocycles. The Morgan fingerprint density at radius 2 is 2.03 bits per heavy atom. The fourth-order valence-electron chi connectivity index (χ4n) is 3.33. The zero-order valence-corrected chi connectivity index (χ0v) is 16.5. The second-order valence-electron chi connectivity index (χ2n) is 7.41. The number of benzene rings is 1. The van der Waals surface area contributed by atoms with Gasteiger partial charge in [0.2, 0.25) is 0 Å². The van der Waals surface area contributed by atoms with E-state index in [1.165, 1.54) is 0 Å². The maximum absolute atomic E-state index is 12.8. The third-order valence-corrected chi connectivity index (χ3v) is 5.11. The van der Waals surface area contributed by atoms with E-state index >= 15 is 0 Å². The van der Waals surface area contributed by atoms with E-state index in [1.807, 2.05) is 19.1 Å². The molecule has 9 nitrogen and oxygen atoms in total. The Labute approximate surface area is 168 Å². The lowest BCUT2D eigenvalue weighted by atomic mass is 9.91. The molecule has 3 rings (SSSR count). The van der Waals surface area contributed by atoms with Crippen molar-refractivity contribution >= 4 is 23.8 Å². The average Bonchev–Trinajstić information content (AvgIpc) is 3.28. The van der Waals surface area contributed by atoms with Crippen LogP contribution in [0.2, 0.25) is 0 Å². The fourth-order valence-corrected chi connectivity index (χ4v) is 3.33. The summed E-state index contributed by atoms with van der Waals surface area (Å²) in [6, 6.07) is 6.51. The molecule has 2 fully saturated rings. The minimum atomic E-state index is -1.26. The molecule has 156 valence electrons. The van der Waals surface area contributed by atoms with Crippen LogP contribution >= 0.6 is 0 Å². The largest absolute Gasteiger partial charge is 0.454 e. The van der Waals surface area contributed by atoms with Crippen molar-refractivity contribution in [3.8, 4) is 0 Å². The molecule has 0 spiro atoms. The van der Waals surface area contributed by atoms with Gasteiger partial charge in [-0.15, -0.1) is 0 Å². The Morgan fingerprint density at radius 1 is 1.31 bits per heavy atom. The normalized spacial score (nSPS) is 23.8. The van der Waals surface area contributed by atoms with Crippen molar-refractivity contribution in [2.75, 3.05) is 26.3 Å². The van der Waals surface area contributed by atoms with E-state index in [0.29, 0.717) is 18.7 Å². The molecule has 29 heavy (non-hydrogen) atoms. The van der Waals surface area contributed by atoms with E-state index in [9.17, 15) is 19.2 Å². The fraction of sp³-hybridized carbons (Fsp3) is 0.500. The van der Waals surface area contributed by atoms with Gasteiger partial charge in [-0.1, -0.05) is 29.8 Å². The van der Waals surface area contributed by atoms with Crippen LogP contribution in [0.1, 0.15) is 30.9 Å². The zero-order valence-electron chi connectivity index (χ0n) is 16.5. The number of hydrogen-bond donors (Lipinski definition) is 2. The molecule has 2 aliphatic rings. The summed E-state index contributed by atoms with van der Waals surface area (Å²) in [6.45, 7) is 3.50. The lowest BCUT2D eigenvalue weighted by Gasteiger charge is -2.22. The molecule has 4 amide bonds. The molecule has 9 heteroatoms. The highest BCUT2D eigenvalue weighted by Gasteiger charge is 2.49. The maximum atomic E-state index is 12.8. The van der Waals surface area contributed by atoms with Gasteiger partial charge in [0, 0.05) is 13.2 Å². The summed E-state index contributed by atoms with van der Waals surface area (Å²) in [5, 5.41) is 5.25. The van der Waals surface area contributed by atoms with E-state index < -0.39 is 42.5 Å². The van der Waals surface area contributed by atoms with Gasteiger partial charge >= 0.3 is 12.0 Å². The Balaban J connectivity index is 1.50. The van der Waals surface area contributed by atoms with Crippen LogP contribution in [0.3, 0.4) is 0 Å². The molecule has 0 saturated carbocycles. The molecule has 0 aliphatic carbocycles. The minimum absolute atomic E-state index is 0.0139. The number of nitrogens with one attached hydrogen (secondary N) is 2. The molecular weight excluding hydrogens is 378 g/mol. The Bertz CT molecular complexity index is 803. The van der Waals surface area contributed by atoms with Crippen molar-refractivity contribution in [3.63, 3.8) is 0 Å². The number of imide groups is 1. The molecular formula is C20H25N3O6.